The van der Waals surface area contributed by atoms with E-state index in [1.165, 1.54) is 21.3 Å². The molecule has 0 bridgehead atoms. The molecular formula is C28H38N2O7S. The Balaban J connectivity index is 1.98. The van der Waals surface area contributed by atoms with Gasteiger partial charge in [0.15, 0.2) is 0 Å². The molecule has 0 saturated carbocycles. The van der Waals surface area contributed by atoms with Crippen molar-refractivity contribution in [3.8, 4) is 5.75 Å². The molecule has 1 heterocycles. The molecule has 0 unspecified atom stereocenters. The van der Waals surface area contributed by atoms with Crippen LogP contribution in [0.4, 0.5) is 5.69 Å². The fourth-order valence-corrected chi connectivity index (χ4v) is 6.05. The van der Waals surface area contributed by atoms with E-state index < -0.39 is 16.0 Å². The third-order valence-electron chi connectivity index (χ3n) is 6.70. The van der Waals surface area contributed by atoms with E-state index in [0.717, 1.165) is 18.9 Å². The molecule has 1 aliphatic rings. The fourth-order valence-electron chi connectivity index (χ4n) is 4.33. The summed E-state index contributed by atoms with van der Waals surface area (Å²) in [6.45, 7) is 9.34. The van der Waals surface area contributed by atoms with Gasteiger partial charge in [-0.05, 0) is 67.6 Å². The van der Waals surface area contributed by atoms with Gasteiger partial charge in [0.05, 0.1) is 17.2 Å². The SMILES string of the molecule is Cc1cc(C(=O)N(C)C)ccc1N(CC(C)C)S(=O)(=O)c1ccc(OCC2(C)CCOCC2)c(C(=O)O)c1. The number of hydrogen-bond acceptors (Lipinski definition) is 6. The molecule has 3 rings (SSSR count). The van der Waals surface area contributed by atoms with E-state index in [-0.39, 0.29) is 40.0 Å². The van der Waals surface area contributed by atoms with Crippen LogP contribution in [0.2, 0.25) is 0 Å². The normalized spacial score (nSPS) is 15.2. The molecule has 1 amide bonds. The van der Waals surface area contributed by atoms with Gasteiger partial charge < -0.3 is 19.5 Å². The van der Waals surface area contributed by atoms with Crippen LogP contribution in [0.15, 0.2) is 41.3 Å². The lowest BCUT2D eigenvalue weighted by Gasteiger charge is -2.33. The number of hydrogen-bond donors (Lipinski definition) is 1. The number of amides is 1. The van der Waals surface area contributed by atoms with E-state index >= 15 is 0 Å². The minimum absolute atomic E-state index is 0.0194. The van der Waals surface area contributed by atoms with Gasteiger partial charge in [-0.1, -0.05) is 20.8 Å². The maximum atomic E-state index is 13.9. The van der Waals surface area contributed by atoms with Crippen molar-refractivity contribution >= 4 is 27.6 Å². The number of carbonyl (C=O) groups is 2. The third-order valence-corrected chi connectivity index (χ3v) is 8.47. The van der Waals surface area contributed by atoms with Crippen molar-refractivity contribution in [3.63, 3.8) is 0 Å². The minimum Gasteiger partial charge on any atom is -0.492 e. The molecule has 2 aromatic rings. The standard InChI is InChI=1S/C28H38N2O7S/c1-19(2)17-30(24-9-7-21(15-20(24)3)26(31)29(5)6)38(34,35)22-8-10-25(23(16-22)27(32)33)37-18-28(4)11-13-36-14-12-28/h7-10,15-16,19H,11-14,17-18H2,1-6H3,(H,32,33). The first-order chi connectivity index (χ1) is 17.7. The van der Waals surface area contributed by atoms with Crippen molar-refractivity contribution in [3.05, 3.63) is 53.1 Å². The number of aromatic carboxylic acids is 1. The molecule has 38 heavy (non-hydrogen) atoms. The van der Waals surface area contributed by atoms with Crippen molar-refractivity contribution < 1.29 is 32.6 Å². The van der Waals surface area contributed by atoms with Crippen LogP contribution in [0.1, 0.15) is 59.9 Å². The lowest BCUT2D eigenvalue weighted by Crippen LogP contribution is -2.35. The van der Waals surface area contributed by atoms with Crippen LogP contribution < -0.4 is 9.04 Å². The Labute approximate surface area is 225 Å². The van der Waals surface area contributed by atoms with Gasteiger partial charge in [0.1, 0.15) is 11.3 Å². The Hall–Kier alpha value is -3.11. The van der Waals surface area contributed by atoms with Gasteiger partial charge in [-0.15, -0.1) is 0 Å². The fraction of sp³-hybridized carbons (Fsp3) is 0.500. The highest BCUT2D eigenvalue weighted by atomic mass is 32.2. The molecule has 0 atom stereocenters. The first-order valence-corrected chi connectivity index (χ1v) is 14.1. The lowest BCUT2D eigenvalue weighted by molar-refractivity contribution is 0.00000849. The van der Waals surface area contributed by atoms with E-state index in [2.05, 4.69) is 6.92 Å². The number of nitrogens with zero attached hydrogens (tertiary/aromatic N) is 2. The summed E-state index contributed by atoms with van der Waals surface area (Å²) in [4.78, 5) is 25.8. The number of aryl methyl sites for hydroxylation is 1. The number of benzene rings is 2. The van der Waals surface area contributed by atoms with Crippen LogP contribution in [0.5, 0.6) is 5.75 Å². The summed E-state index contributed by atoms with van der Waals surface area (Å²) in [7, 11) is -0.836. The maximum absolute atomic E-state index is 13.9. The summed E-state index contributed by atoms with van der Waals surface area (Å²) in [6.07, 6.45) is 1.59. The van der Waals surface area contributed by atoms with Crippen LogP contribution in [-0.4, -0.2) is 70.8 Å². The first-order valence-electron chi connectivity index (χ1n) is 12.7. The average molecular weight is 547 g/mol. The van der Waals surface area contributed by atoms with E-state index in [1.807, 2.05) is 13.8 Å². The van der Waals surface area contributed by atoms with Gasteiger partial charge in [-0.3, -0.25) is 9.10 Å². The molecule has 0 spiro atoms. The van der Waals surface area contributed by atoms with E-state index in [9.17, 15) is 23.1 Å². The largest absolute Gasteiger partial charge is 0.492 e. The number of carbonyl (C=O) groups excluding carboxylic acids is 1. The second-order valence-corrected chi connectivity index (χ2v) is 12.7. The molecule has 0 aliphatic carbocycles. The third kappa shape index (κ3) is 6.66. The van der Waals surface area contributed by atoms with Gasteiger partial charge in [0.25, 0.3) is 15.9 Å². The molecule has 9 nitrogen and oxygen atoms in total. The minimum atomic E-state index is -4.14. The van der Waals surface area contributed by atoms with E-state index in [0.29, 0.717) is 36.6 Å². The van der Waals surface area contributed by atoms with Crippen molar-refractivity contribution in [2.75, 3.05) is 44.8 Å². The Morgan fingerprint density at radius 1 is 1.11 bits per heavy atom. The number of carboxylic acid groups (broad SMARTS) is 1. The summed E-state index contributed by atoms with van der Waals surface area (Å²) in [5.74, 6) is -1.35. The zero-order valence-electron chi connectivity index (χ0n) is 23.0. The Morgan fingerprint density at radius 2 is 1.76 bits per heavy atom. The number of ether oxygens (including phenoxy) is 2. The molecule has 0 radical (unpaired) electrons. The molecule has 1 aliphatic heterocycles. The van der Waals surface area contributed by atoms with Crippen LogP contribution in [0.25, 0.3) is 0 Å². The van der Waals surface area contributed by atoms with Gasteiger partial charge in [0.2, 0.25) is 0 Å². The smallest absolute Gasteiger partial charge is 0.339 e. The zero-order chi connectivity index (χ0) is 28.3. The Kier molecular flexibility index (Phi) is 9.09. The molecule has 1 saturated heterocycles. The lowest BCUT2D eigenvalue weighted by atomic mass is 9.83. The molecular weight excluding hydrogens is 508 g/mol. The van der Waals surface area contributed by atoms with Gasteiger partial charge in [-0.25, -0.2) is 13.2 Å². The predicted octanol–water partition coefficient (Wildman–Crippen LogP) is 4.44. The second kappa shape index (κ2) is 11.7. The summed E-state index contributed by atoms with van der Waals surface area (Å²) in [6, 6.07) is 8.84. The van der Waals surface area contributed by atoms with Crippen molar-refractivity contribution in [1.29, 1.82) is 0 Å². The second-order valence-electron chi connectivity index (χ2n) is 10.8. The predicted molar refractivity (Wildman–Crippen MR) is 146 cm³/mol. The number of anilines is 1. The number of rotatable bonds is 10. The summed E-state index contributed by atoms with van der Waals surface area (Å²) in [5, 5.41) is 9.89. The van der Waals surface area contributed by atoms with Gasteiger partial charge in [0, 0.05) is 44.8 Å². The molecule has 10 heteroatoms. The number of carboxylic acids is 1. The average Bonchev–Trinajstić information content (AvgIpc) is 2.85. The molecule has 2 aromatic carbocycles. The van der Waals surface area contributed by atoms with Gasteiger partial charge in [-0.2, -0.15) is 0 Å². The van der Waals surface area contributed by atoms with Crippen LogP contribution >= 0.6 is 0 Å². The Morgan fingerprint density at radius 3 is 2.32 bits per heavy atom. The van der Waals surface area contributed by atoms with Crippen LogP contribution in [0, 0.1) is 18.3 Å². The first kappa shape index (κ1) is 29.4. The van der Waals surface area contributed by atoms with Crippen molar-refractivity contribution in [1.82, 2.24) is 4.90 Å². The maximum Gasteiger partial charge on any atom is 0.339 e. The molecule has 1 N–H and O–H groups in total. The van der Waals surface area contributed by atoms with Crippen molar-refractivity contribution in [2.45, 2.75) is 45.4 Å². The van der Waals surface area contributed by atoms with Crippen molar-refractivity contribution in [2.24, 2.45) is 11.3 Å². The highest BCUT2D eigenvalue weighted by Gasteiger charge is 2.31. The highest BCUT2D eigenvalue weighted by molar-refractivity contribution is 7.92. The van der Waals surface area contributed by atoms with Crippen LogP contribution in [-0.2, 0) is 14.8 Å². The topological polar surface area (TPSA) is 113 Å². The zero-order valence-corrected chi connectivity index (χ0v) is 23.8. The Bertz CT molecular complexity index is 1280. The molecule has 208 valence electrons. The highest BCUT2D eigenvalue weighted by Crippen LogP contribution is 2.34. The summed E-state index contributed by atoms with van der Waals surface area (Å²) < 4.78 is 40.4. The monoisotopic (exact) mass is 546 g/mol. The van der Waals surface area contributed by atoms with E-state index in [4.69, 9.17) is 9.47 Å². The van der Waals surface area contributed by atoms with E-state index in [1.54, 1.807) is 39.2 Å². The quantitative estimate of drug-likeness (QED) is 0.469. The number of sulfonamides is 1. The van der Waals surface area contributed by atoms with Crippen LogP contribution in [0.3, 0.4) is 0 Å². The summed E-state index contributed by atoms with van der Waals surface area (Å²) >= 11 is 0. The van der Waals surface area contributed by atoms with Gasteiger partial charge >= 0.3 is 5.97 Å². The molecule has 0 aromatic heterocycles. The molecule has 1 fully saturated rings. The summed E-state index contributed by atoms with van der Waals surface area (Å²) in [5.41, 5.74) is 1.13.